The van der Waals surface area contributed by atoms with Crippen molar-refractivity contribution >= 4 is 17.5 Å². The molecule has 1 amide bonds. The van der Waals surface area contributed by atoms with Gasteiger partial charge in [-0.1, -0.05) is 31.5 Å². The molecule has 0 radical (unpaired) electrons. The summed E-state index contributed by atoms with van der Waals surface area (Å²) in [6, 6.07) is 5.61. The maximum Gasteiger partial charge on any atom is 0.257 e. The number of carbonyl (C=O) groups excluding carboxylic acids is 1. The number of ether oxygens (including phenoxy) is 1. The number of amides is 1. The van der Waals surface area contributed by atoms with E-state index in [1.54, 1.807) is 6.07 Å². The van der Waals surface area contributed by atoms with E-state index in [0.29, 0.717) is 23.2 Å². The predicted octanol–water partition coefficient (Wildman–Crippen LogP) is 2.60. The molecule has 0 unspecified atom stereocenters. The summed E-state index contributed by atoms with van der Waals surface area (Å²) >= 11 is 6.15. The second-order valence-electron chi connectivity index (χ2n) is 5.03. The minimum atomic E-state index is -0.147. The molecule has 0 fully saturated rings. The molecule has 1 aromatic rings. The highest BCUT2D eigenvalue weighted by Crippen LogP contribution is 2.25. The first-order valence-corrected chi connectivity index (χ1v) is 7.29. The quantitative estimate of drug-likeness (QED) is 0.775. The van der Waals surface area contributed by atoms with Crippen LogP contribution in [-0.4, -0.2) is 25.6 Å². The molecule has 112 valence electrons. The summed E-state index contributed by atoms with van der Waals surface area (Å²) in [6.07, 6.45) is 0. The third-order valence-electron chi connectivity index (χ3n) is 2.61. The number of rotatable bonds is 8. The zero-order valence-corrected chi connectivity index (χ0v) is 13.1. The standard InChI is InChI=1S/C15H23ClN2O2/c1-4-18-15(19)10-20-14-6-5-12(7-13(14)16)9-17-8-11(2)3/h5-7,11,17H,4,8-10H2,1-3H3,(H,18,19). The van der Waals surface area contributed by atoms with Gasteiger partial charge in [0.1, 0.15) is 5.75 Å². The van der Waals surface area contributed by atoms with Crippen molar-refractivity contribution in [2.24, 2.45) is 5.92 Å². The normalized spacial score (nSPS) is 10.7. The Morgan fingerprint density at radius 2 is 2.15 bits per heavy atom. The van der Waals surface area contributed by atoms with E-state index in [-0.39, 0.29) is 12.5 Å². The van der Waals surface area contributed by atoms with Crippen molar-refractivity contribution in [1.29, 1.82) is 0 Å². The Morgan fingerprint density at radius 1 is 1.40 bits per heavy atom. The molecule has 0 bridgehead atoms. The topological polar surface area (TPSA) is 50.4 Å². The highest BCUT2D eigenvalue weighted by atomic mass is 35.5. The lowest BCUT2D eigenvalue weighted by atomic mass is 10.2. The van der Waals surface area contributed by atoms with Crippen molar-refractivity contribution < 1.29 is 9.53 Å². The number of likely N-dealkylation sites (N-methyl/N-ethyl adjacent to an activating group) is 1. The Balaban J connectivity index is 2.48. The van der Waals surface area contributed by atoms with Gasteiger partial charge in [-0.3, -0.25) is 4.79 Å². The highest BCUT2D eigenvalue weighted by Gasteiger charge is 2.06. The summed E-state index contributed by atoms with van der Waals surface area (Å²) in [7, 11) is 0. The molecule has 0 aliphatic heterocycles. The fourth-order valence-electron chi connectivity index (χ4n) is 1.67. The monoisotopic (exact) mass is 298 g/mol. The first kappa shape index (κ1) is 16.8. The average Bonchev–Trinajstić information content (AvgIpc) is 2.37. The van der Waals surface area contributed by atoms with Crippen molar-refractivity contribution in [2.45, 2.75) is 27.3 Å². The van der Waals surface area contributed by atoms with Crippen LogP contribution < -0.4 is 15.4 Å². The summed E-state index contributed by atoms with van der Waals surface area (Å²) in [6.45, 7) is 8.51. The molecule has 0 aromatic heterocycles. The molecular weight excluding hydrogens is 276 g/mol. The number of halogens is 1. The lowest BCUT2D eigenvalue weighted by Crippen LogP contribution is -2.28. The van der Waals surface area contributed by atoms with E-state index in [2.05, 4.69) is 24.5 Å². The number of benzene rings is 1. The Morgan fingerprint density at radius 3 is 2.75 bits per heavy atom. The summed E-state index contributed by atoms with van der Waals surface area (Å²) in [5.41, 5.74) is 1.10. The molecule has 0 atom stereocenters. The van der Waals surface area contributed by atoms with Crippen LogP contribution in [0.25, 0.3) is 0 Å². The molecule has 5 heteroatoms. The molecule has 0 saturated carbocycles. The lowest BCUT2D eigenvalue weighted by molar-refractivity contribution is -0.122. The van der Waals surface area contributed by atoms with Crippen molar-refractivity contribution in [3.8, 4) is 5.75 Å². The highest BCUT2D eigenvalue weighted by molar-refractivity contribution is 6.32. The van der Waals surface area contributed by atoms with Crippen molar-refractivity contribution in [3.05, 3.63) is 28.8 Å². The Hall–Kier alpha value is -1.26. The van der Waals surface area contributed by atoms with Gasteiger partial charge in [0.25, 0.3) is 5.91 Å². The third-order valence-corrected chi connectivity index (χ3v) is 2.91. The molecule has 0 spiro atoms. The van der Waals surface area contributed by atoms with Crippen LogP contribution in [0.3, 0.4) is 0 Å². The molecule has 0 aliphatic carbocycles. The first-order chi connectivity index (χ1) is 9.52. The van der Waals surface area contributed by atoms with Gasteiger partial charge < -0.3 is 15.4 Å². The maximum atomic E-state index is 11.3. The minimum Gasteiger partial charge on any atom is -0.482 e. The van der Waals surface area contributed by atoms with Gasteiger partial charge in [-0.25, -0.2) is 0 Å². The Bertz CT molecular complexity index is 436. The SMILES string of the molecule is CCNC(=O)COc1ccc(CNCC(C)C)cc1Cl. The fourth-order valence-corrected chi connectivity index (χ4v) is 1.93. The largest absolute Gasteiger partial charge is 0.482 e. The van der Waals surface area contributed by atoms with Crippen LogP contribution in [0, 0.1) is 5.92 Å². The van der Waals surface area contributed by atoms with E-state index in [1.807, 2.05) is 19.1 Å². The fraction of sp³-hybridized carbons (Fsp3) is 0.533. The van der Waals surface area contributed by atoms with Crippen molar-refractivity contribution in [1.82, 2.24) is 10.6 Å². The molecule has 1 aromatic carbocycles. The zero-order valence-electron chi connectivity index (χ0n) is 12.3. The molecule has 1 rings (SSSR count). The number of carbonyl (C=O) groups is 1. The third kappa shape index (κ3) is 6.26. The van der Waals surface area contributed by atoms with E-state index in [0.717, 1.165) is 18.7 Å². The van der Waals surface area contributed by atoms with Crippen molar-refractivity contribution in [2.75, 3.05) is 19.7 Å². The van der Waals surface area contributed by atoms with Crippen LogP contribution in [0.5, 0.6) is 5.75 Å². The molecule has 0 saturated heterocycles. The van der Waals surface area contributed by atoms with Gasteiger partial charge in [-0.15, -0.1) is 0 Å². The second-order valence-corrected chi connectivity index (χ2v) is 5.44. The van der Waals surface area contributed by atoms with Gasteiger partial charge in [0, 0.05) is 13.1 Å². The van der Waals surface area contributed by atoms with Gasteiger partial charge in [0.05, 0.1) is 5.02 Å². The van der Waals surface area contributed by atoms with Crippen LogP contribution in [0.2, 0.25) is 5.02 Å². The van der Waals surface area contributed by atoms with Crippen LogP contribution in [0.15, 0.2) is 18.2 Å². The maximum absolute atomic E-state index is 11.3. The van der Waals surface area contributed by atoms with Gasteiger partial charge in [0.15, 0.2) is 6.61 Å². The lowest BCUT2D eigenvalue weighted by Gasteiger charge is -2.11. The smallest absolute Gasteiger partial charge is 0.257 e. The first-order valence-electron chi connectivity index (χ1n) is 6.91. The summed E-state index contributed by atoms with van der Waals surface area (Å²) in [4.78, 5) is 11.3. The molecule has 20 heavy (non-hydrogen) atoms. The molecule has 0 aliphatic rings. The van der Waals surface area contributed by atoms with Gasteiger partial charge in [0.2, 0.25) is 0 Å². The Labute approximate surface area is 125 Å². The minimum absolute atomic E-state index is 0.0154. The number of hydrogen-bond donors (Lipinski definition) is 2. The van der Waals surface area contributed by atoms with E-state index in [1.165, 1.54) is 0 Å². The Kier molecular flexibility index (Phi) is 7.41. The molecule has 2 N–H and O–H groups in total. The van der Waals surface area contributed by atoms with E-state index in [9.17, 15) is 4.79 Å². The van der Waals surface area contributed by atoms with Crippen LogP contribution >= 0.6 is 11.6 Å². The molecular formula is C15H23ClN2O2. The van der Waals surface area contributed by atoms with E-state index in [4.69, 9.17) is 16.3 Å². The average molecular weight is 299 g/mol. The second kappa shape index (κ2) is 8.82. The zero-order chi connectivity index (χ0) is 15.0. The summed E-state index contributed by atoms with van der Waals surface area (Å²) in [5.74, 6) is 1.00. The predicted molar refractivity (Wildman–Crippen MR) is 82.2 cm³/mol. The van der Waals surface area contributed by atoms with Gasteiger partial charge in [-0.05, 0) is 37.1 Å². The van der Waals surface area contributed by atoms with Gasteiger partial charge >= 0.3 is 0 Å². The van der Waals surface area contributed by atoms with E-state index < -0.39 is 0 Å². The van der Waals surface area contributed by atoms with Crippen LogP contribution in [-0.2, 0) is 11.3 Å². The van der Waals surface area contributed by atoms with E-state index >= 15 is 0 Å². The summed E-state index contributed by atoms with van der Waals surface area (Å²) in [5, 5.41) is 6.55. The molecule has 0 heterocycles. The van der Waals surface area contributed by atoms with Crippen LogP contribution in [0.4, 0.5) is 0 Å². The molecule has 4 nitrogen and oxygen atoms in total. The van der Waals surface area contributed by atoms with Crippen molar-refractivity contribution in [3.63, 3.8) is 0 Å². The summed E-state index contributed by atoms with van der Waals surface area (Å²) < 4.78 is 5.38. The number of hydrogen-bond acceptors (Lipinski definition) is 3. The number of nitrogens with one attached hydrogen (secondary N) is 2. The van der Waals surface area contributed by atoms with Crippen LogP contribution in [0.1, 0.15) is 26.3 Å². The van der Waals surface area contributed by atoms with Gasteiger partial charge in [-0.2, -0.15) is 0 Å².